The van der Waals surface area contributed by atoms with Gasteiger partial charge < -0.3 is 10.2 Å². The summed E-state index contributed by atoms with van der Waals surface area (Å²) < 4.78 is 13.4. The Morgan fingerprint density at radius 3 is 2.46 bits per heavy atom. The van der Waals surface area contributed by atoms with Crippen molar-refractivity contribution in [2.24, 2.45) is 5.92 Å². The minimum Gasteiger partial charge on any atom is -0.352 e. The van der Waals surface area contributed by atoms with E-state index < -0.39 is 0 Å². The minimum absolute atomic E-state index is 0.223. The molecule has 1 aromatic rings. The predicted octanol–water partition coefficient (Wildman–Crippen LogP) is 2.20. The summed E-state index contributed by atoms with van der Waals surface area (Å²) in [6.07, 6.45) is 4.18. The second-order valence-electron chi connectivity index (χ2n) is 7.53. The van der Waals surface area contributed by atoms with E-state index in [0.29, 0.717) is 24.6 Å². The Bertz CT molecular complexity index is 630. The van der Waals surface area contributed by atoms with E-state index in [4.69, 9.17) is 0 Å². The molecule has 2 aliphatic rings. The third kappa shape index (κ3) is 5.04. The number of halogens is 1. The molecule has 0 saturated carbocycles. The second kappa shape index (κ2) is 8.62. The molecule has 3 rings (SSSR count). The number of aryl methyl sites for hydroxylation is 1. The molecule has 2 fully saturated rings. The number of rotatable bonds is 5. The average Bonchev–Trinajstić information content (AvgIpc) is 3.15. The summed E-state index contributed by atoms with van der Waals surface area (Å²) in [5, 5.41) is 2.92. The number of hydrogen-bond acceptors (Lipinski definition) is 3. The van der Waals surface area contributed by atoms with Gasteiger partial charge in [-0.1, -0.05) is 0 Å². The van der Waals surface area contributed by atoms with Crippen LogP contribution in [0.4, 0.5) is 4.39 Å². The molecule has 0 bridgehead atoms. The molecular formula is C20H28FN3O2. The molecule has 2 aliphatic heterocycles. The zero-order valence-electron chi connectivity index (χ0n) is 15.5. The Balaban J connectivity index is 1.39. The van der Waals surface area contributed by atoms with Crippen LogP contribution in [0.25, 0.3) is 0 Å². The van der Waals surface area contributed by atoms with Crippen LogP contribution in [-0.2, 0) is 4.79 Å². The van der Waals surface area contributed by atoms with Gasteiger partial charge in [-0.3, -0.25) is 14.5 Å². The maximum absolute atomic E-state index is 13.4. The molecule has 5 nitrogen and oxygen atoms in total. The molecule has 0 unspecified atom stereocenters. The number of amides is 2. The van der Waals surface area contributed by atoms with Crippen molar-refractivity contribution in [2.45, 2.75) is 32.6 Å². The van der Waals surface area contributed by atoms with Gasteiger partial charge in [-0.25, -0.2) is 4.39 Å². The van der Waals surface area contributed by atoms with E-state index in [1.165, 1.54) is 12.1 Å². The van der Waals surface area contributed by atoms with Crippen molar-refractivity contribution in [3.63, 3.8) is 0 Å². The Morgan fingerprint density at radius 1 is 1.12 bits per heavy atom. The molecular weight excluding hydrogens is 333 g/mol. The van der Waals surface area contributed by atoms with E-state index in [0.717, 1.165) is 57.4 Å². The summed E-state index contributed by atoms with van der Waals surface area (Å²) in [5.41, 5.74) is 1.11. The standard InChI is InChI=1S/C20H28FN3O2/c1-15-10-17(12-18(21)11-15)20(26)22-13-16-4-8-23(9-5-16)14-19(25)24-6-2-3-7-24/h10-12,16H,2-9,13-14H2,1H3,(H,22,26). The second-order valence-corrected chi connectivity index (χ2v) is 7.53. The smallest absolute Gasteiger partial charge is 0.251 e. The lowest BCUT2D eigenvalue weighted by Gasteiger charge is -2.32. The van der Waals surface area contributed by atoms with E-state index in [1.807, 2.05) is 4.90 Å². The van der Waals surface area contributed by atoms with Crippen LogP contribution >= 0.6 is 0 Å². The predicted molar refractivity (Wildman–Crippen MR) is 98.4 cm³/mol. The van der Waals surface area contributed by atoms with Crippen molar-refractivity contribution in [3.8, 4) is 0 Å². The largest absolute Gasteiger partial charge is 0.352 e. The molecule has 2 amide bonds. The van der Waals surface area contributed by atoms with Crippen LogP contribution in [0.3, 0.4) is 0 Å². The van der Waals surface area contributed by atoms with Gasteiger partial charge in [0.2, 0.25) is 5.91 Å². The van der Waals surface area contributed by atoms with Crippen LogP contribution < -0.4 is 5.32 Å². The Kier molecular flexibility index (Phi) is 6.25. The Morgan fingerprint density at radius 2 is 1.81 bits per heavy atom. The lowest BCUT2D eigenvalue weighted by molar-refractivity contribution is -0.131. The van der Waals surface area contributed by atoms with Gasteiger partial charge in [0.05, 0.1) is 6.54 Å². The van der Waals surface area contributed by atoms with Crippen LogP contribution in [-0.4, -0.2) is 60.9 Å². The SMILES string of the molecule is Cc1cc(F)cc(C(=O)NCC2CCN(CC(=O)N3CCCC3)CC2)c1. The normalized spacial score (nSPS) is 18.9. The van der Waals surface area contributed by atoms with Crippen molar-refractivity contribution in [1.29, 1.82) is 0 Å². The average molecular weight is 361 g/mol. The molecule has 1 N–H and O–H groups in total. The van der Waals surface area contributed by atoms with E-state index in [2.05, 4.69) is 10.2 Å². The number of hydrogen-bond donors (Lipinski definition) is 1. The first-order chi connectivity index (χ1) is 12.5. The molecule has 26 heavy (non-hydrogen) atoms. The van der Waals surface area contributed by atoms with E-state index in [1.54, 1.807) is 13.0 Å². The summed E-state index contributed by atoms with van der Waals surface area (Å²) >= 11 is 0. The third-order valence-corrected chi connectivity index (χ3v) is 5.38. The fraction of sp³-hybridized carbons (Fsp3) is 0.600. The van der Waals surface area contributed by atoms with E-state index in [9.17, 15) is 14.0 Å². The summed E-state index contributed by atoms with van der Waals surface area (Å²) in [4.78, 5) is 28.6. The molecule has 142 valence electrons. The highest BCUT2D eigenvalue weighted by Crippen LogP contribution is 2.17. The Hall–Kier alpha value is -1.95. The van der Waals surface area contributed by atoms with Crippen LogP contribution in [0.15, 0.2) is 18.2 Å². The number of nitrogens with zero attached hydrogens (tertiary/aromatic N) is 2. The quantitative estimate of drug-likeness (QED) is 0.875. The van der Waals surface area contributed by atoms with E-state index >= 15 is 0 Å². The van der Waals surface area contributed by atoms with Gasteiger partial charge in [0.1, 0.15) is 5.82 Å². The number of carbonyl (C=O) groups is 2. The molecule has 2 saturated heterocycles. The molecule has 1 aromatic carbocycles. The number of carbonyl (C=O) groups excluding carboxylic acids is 2. The lowest BCUT2D eigenvalue weighted by Crippen LogP contribution is -2.44. The molecule has 0 aromatic heterocycles. The summed E-state index contributed by atoms with van der Waals surface area (Å²) in [6.45, 7) is 6.48. The highest BCUT2D eigenvalue weighted by Gasteiger charge is 2.24. The number of benzene rings is 1. The Labute approximate surface area is 154 Å². The van der Waals surface area contributed by atoms with E-state index in [-0.39, 0.29) is 17.6 Å². The van der Waals surface area contributed by atoms with Gasteiger partial charge >= 0.3 is 0 Å². The van der Waals surface area contributed by atoms with Crippen LogP contribution in [0, 0.1) is 18.7 Å². The topological polar surface area (TPSA) is 52.7 Å². The summed E-state index contributed by atoms with van der Waals surface area (Å²) in [5.74, 6) is 0.0489. The fourth-order valence-electron chi connectivity index (χ4n) is 3.81. The van der Waals surface area contributed by atoms with Crippen molar-refractivity contribution in [2.75, 3.05) is 39.3 Å². The van der Waals surface area contributed by atoms with Crippen molar-refractivity contribution >= 4 is 11.8 Å². The van der Waals surface area contributed by atoms with Crippen LogP contribution in [0.2, 0.25) is 0 Å². The first kappa shape index (κ1) is 18.8. The van der Waals surface area contributed by atoms with Gasteiger partial charge in [0.25, 0.3) is 5.91 Å². The molecule has 0 radical (unpaired) electrons. The van der Waals surface area contributed by atoms with Gasteiger partial charge in [0.15, 0.2) is 0 Å². The van der Waals surface area contributed by atoms with Crippen LogP contribution in [0.5, 0.6) is 0 Å². The molecule has 2 heterocycles. The minimum atomic E-state index is -0.383. The first-order valence-electron chi connectivity index (χ1n) is 9.57. The summed E-state index contributed by atoms with van der Waals surface area (Å²) in [7, 11) is 0. The highest BCUT2D eigenvalue weighted by atomic mass is 19.1. The number of piperidine rings is 1. The zero-order valence-corrected chi connectivity index (χ0v) is 15.5. The van der Waals surface area contributed by atoms with Gasteiger partial charge in [0, 0.05) is 25.2 Å². The molecule has 6 heteroatoms. The lowest BCUT2D eigenvalue weighted by atomic mass is 9.96. The van der Waals surface area contributed by atoms with Crippen molar-refractivity contribution in [1.82, 2.24) is 15.1 Å². The monoisotopic (exact) mass is 361 g/mol. The molecule has 0 aliphatic carbocycles. The molecule has 0 spiro atoms. The van der Waals surface area contributed by atoms with Crippen molar-refractivity contribution < 1.29 is 14.0 Å². The van der Waals surface area contributed by atoms with Crippen molar-refractivity contribution in [3.05, 3.63) is 35.1 Å². The maximum Gasteiger partial charge on any atom is 0.251 e. The van der Waals surface area contributed by atoms with Crippen LogP contribution in [0.1, 0.15) is 41.6 Å². The summed E-state index contributed by atoms with van der Waals surface area (Å²) in [6, 6.07) is 4.38. The fourth-order valence-corrected chi connectivity index (χ4v) is 3.81. The first-order valence-corrected chi connectivity index (χ1v) is 9.57. The van der Waals surface area contributed by atoms with Gasteiger partial charge in [-0.05, 0) is 75.4 Å². The number of nitrogens with one attached hydrogen (secondary N) is 1. The van der Waals surface area contributed by atoms with Gasteiger partial charge in [-0.2, -0.15) is 0 Å². The highest BCUT2D eigenvalue weighted by molar-refractivity contribution is 5.94. The van der Waals surface area contributed by atoms with Gasteiger partial charge in [-0.15, -0.1) is 0 Å². The third-order valence-electron chi connectivity index (χ3n) is 5.38. The molecule has 0 atom stereocenters. The number of likely N-dealkylation sites (tertiary alicyclic amines) is 2. The zero-order chi connectivity index (χ0) is 18.5. The maximum atomic E-state index is 13.4.